The SMILES string of the molecule is CS(=O)(=O)N(CC(=O)NCCC1CCCCC1)c1cccc(Cl)c1. The lowest BCUT2D eigenvalue weighted by atomic mass is 9.87. The molecular weight excluding hydrogens is 348 g/mol. The van der Waals surface area contributed by atoms with Gasteiger partial charge in [-0.15, -0.1) is 0 Å². The number of hydrogen-bond acceptors (Lipinski definition) is 3. The van der Waals surface area contributed by atoms with E-state index < -0.39 is 10.0 Å². The van der Waals surface area contributed by atoms with Crippen LogP contribution in [0.5, 0.6) is 0 Å². The van der Waals surface area contributed by atoms with Crippen molar-refractivity contribution in [3.05, 3.63) is 29.3 Å². The molecule has 0 bridgehead atoms. The Balaban J connectivity index is 1.90. The molecule has 5 nitrogen and oxygen atoms in total. The van der Waals surface area contributed by atoms with Crippen molar-refractivity contribution in [2.75, 3.05) is 23.7 Å². The summed E-state index contributed by atoms with van der Waals surface area (Å²) in [5, 5.41) is 3.27. The van der Waals surface area contributed by atoms with Crippen LogP contribution in [0.1, 0.15) is 38.5 Å². The van der Waals surface area contributed by atoms with Gasteiger partial charge in [-0.3, -0.25) is 9.10 Å². The van der Waals surface area contributed by atoms with Crippen LogP contribution in [0.4, 0.5) is 5.69 Å². The Bertz CT molecular complexity index is 658. The highest BCUT2D eigenvalue weighted by Gasteiger charge is 2.21. The number of nitrogens with zero attached hydrogens (tertiary/aromatic N) is 1. The molecule has 1 N–H and O–H groups in total. The van der Waals surface area contributed by atoms with E-state index in [0.717, 1.165) is 17.0 Å². The van der Waals surface area contributed by atoms with Gasteiger partial charge >= 0.3 is 0 Å². The fourth-order valence-corrected chi connectivity index (χ4v) is 4.14. The molecule has 0 unspecified atom stereocenters. The van der Waals surface area contributed by atoms with Crippen molar-refractivity contribution < 1.29 is 13.2 Å². The maximum Gasteiger partial charge on any atom is 0.240 e. The lowest BCUT2D eigenvalue weighted by Crippen LogP contribution is -2.40. The number of rotatable bonds is 7. The minimum absolute atomic E-state index is 0.232. The zero-order valence-corrected chi connectivity index (χ0v) is 15.6. The first-order valence-electron chi connectivity index (χ1n) is 8.36. The molecule has 1 aromatic carbocycles. The average Bonchev–Trinajstić information content (AvgIpc) is 2.52. The molecule has 0 radical (unpaired) electrons. The van der Waals surface area contributed by atoms with Crippen molar-refractivity contribution in [2.45, 2.75) is 38.5 Å². The monoisotopic (exact) mass is 372 g/mol. The molecule has 134 valence electrons. The predicted octanol–water partition coefficient (Wildman–Crippen LogP) is 3.19. The molecule has 0 aromatic heterocycles. The first-order valence-corrected chi connectivity index (χ1v) is 10.6. The molecule has 0 saturated heterocycles. The summed E-state index contributed by atoms with van der Waals surface area (Å²) in [5.74, 6) is 0.384. The molecule has 7 heteroatoms. The Labute approximate surface area is 149 Å². The summed E-state index contributed by atoms with van der Waals surface area (Å²) in [6.07, 6.45) is 8.36. The summed E-state index contributed by atoms with van der Waals surface area (Å²) in [7, 11) is -3.56. The number of sulfonamides is 1. The van der Waals surface area contributed by atoms with E-state index in [4.69, 9.17) is 11.6 Å². The molecule has 24 heavy (non-hydrogen) atoms. The van der Waals surface area contributed by atoms with Gasteiger partial charge in [0.15, 0.2) is 0 Å². The van der Waals surface area contributed by atoms with Crippen LogP contribution in [-0.2, 0) is 14.8 Å². The number of halogens is 1. The van der Waals surface area contributed by atoms with Gasteiger partial charge in [-0.25, -0.2) is 8.42 Å². The van der Waals surface area contributed by atoms with Gasteiger partial charge in [0.05, 0.1) is 11.9 Å². The second-order valence-corrected chi connectivity index (χ2v) is 8.74. The molecule has 0 spiro atoms. The van der Waals surface area contributed by atoms with Gasteiger partial charge in [0, 0.05) is 11.6 Å². The highest BCUT2D eigenvalue weighted by Crippen LogP contribution is 2.25. The van der Waals surface area contributed by atoms with Crippen molar-refractivity contribution in [3.63, 3.8) is 0 Å². The van der Waals surface area contributed by atoms with E-state index in [0.29, 0.717) is 23.2 Å². The highest BCUT2D eigenvalue weighted by atomic mass is 35.5. The number of nitrogens with one attached hydrogen (secondary N) is 1. The molecule has 0 atom stereocenters. The van der Waals surface area contributed by atoms with Gasteiger partial charge in [0.1, 0.15) is 6.54 Å². The smallest absolute Gasteiger partial charge is 0.240 e. The highest BCUT2D eigenvalue weighted by molar-refractivity contribution is 7.92. The van der Waals surface area contributed by atoms with Crippen LogP contribution in [-0.4, -0.2) is 33.7 Å². The van der Waals surface area contributed by atoms with Gasteiger partial charge < -0.3 is 5.32 Å². The molecular formula is C17H25ClN2O3S. The minimum atomic E-state index is -3.56. The number of carbonyl (C=O) groups is 1. The Kier molecular flexibility index (Phi) is 6.92. The maximum atomic E-state index is 12.1. The van der Waals surface area contributed by atoms with Crippen molar-refractivity contribution in [1.29, 1.82) is 0 Å². The summed E-state index contributed by atoms with van der Waals surface area (Å²) in [4.78, 5) is 12.1. The van der Waals surface area contributed by atoms with Crippen LogP contribution in [0.25, 0.3) is 0 Å². The molecule has 1 aromatic rings. The second kappa shape index (κ2) is 8.72. The van der Waals surface area contributed by atoms with Crippen LogP contribution in [0.3, 0.4) is 0 Å². The van der Waals surface area contributed by atoms with E-state index in [9.17, 15) is 13.2 Å². The zero-order valence-electron chi connectivity index (χ0n) is 14.0. The Hall–Kier alpha value is -1.27. The molecule has 1 saturated carbocycles. The van der Waals surface area contributed by atoms with Gasteiger partial charge in [-0.05, 0) is 30.5 Å². The Morgan fingerprint density at radius 1 is 1.29 bits per heavy atom. The van der Waals surface area contributed by atoms with E-state index in [2.05, 4.69) is 5.32 Å². The normalized spacial score (nSPS) is 15.9. The molecule has 1 amide bonds. The first-order chi connectivity index (χ1) is 11.4. The van der Waals surface area contributed by atoms with Crippen LogP contribution in [0.15, 0.2) is 24.3 Å². The fraction of sp³-hybridized carbons (Fsp3) is 0.588. The van der Waals surface area contributed by atoms with Crippen LogP contribution in [0.2, 0.25) is 5.02 Å². The second-order valence-electron chi connectivity index (χ2n) is 6.39. The van der Waals surface area contributed by atoms with Crippen molar-refractivity contribution >= 4 is 33.2 Å². The summed E-state index contributed by atoms with van der Waals surface area (Å²) in [6, 6.07) is 6.49. The third-order valence-electron chi connectivity index (χ3n) is 4.38. The summed E-state index contributed by atoms with van der Waals surface area (Å²) >= 11 is 5.92. The number of hydrogen-bond donors (Lipinski definition) is 1. The van der Waals surface area contributed by atoms with Gasteiger partial charge in [-0.1, -0.05) is 49.8 Å². The summed E-state index contributed by atoms with van der Waals surface area (Å²) in [5.41, 5.74) is 0.396. The van der Waals surface area contributed by atoms with Gasteiger partial charge in [-0.2, -0.15) is 0 Å². The largest absolute Gasteiger partial charge is 0.355 e. The Morgan fingerprint density at radius 3 is 2.62 bits per heavy atom. The number of amides is 1. The number of anilines is 1. The Morgan fingerprint density at radius 2 is 2.00 bits per heavy atom. The van der Waals surface area contributed by atoms with E-state index in [1.807, 2.05) is 0 Å². The topological polar surface area (TPSA) is 66.5 Å². The van der Waals surface area contributed by atoms with E-state index in [-0.39, 0.29) is 12.5 Å². The van der Waals surface area contributed by atoms with E-state index in [1.165, 1.54) is 38.2 Å². The molecule has 0 aliphatic heterocycles. The van der Waals surface area contributed by atoms with Crippen molar-refractivity contribution in [1.82, 2.24) is 5.32 Å². The van der Waals surface area contributed by atoms with Crippen molar-refractivity contribution in [3.8, 4) is 0 Å². The number of carbonyl (C=O) groups excluding carboxylic acids is 1. The third-order valence-corrected chi connectivity index (χ3v) is 5.76. The van der Waals surface area contributed by atoms with Gasteiger partial charge in [0.25, 0.3) is 0 Å². The van der Waals surface area contributed by atoms with Crippen molar-refractivity contribution in [2.24, 2.45) is 5.92 Å². The first kappa shape index (κ1) is 19.1. The standard InChI is InChI=1S/C17H25ClN2O3S/c1-24(22,23)20(16-9-5-8-15(18)12-16)13-17(21)19-11-10-14-6-3-2-4-7-14/h5,8-9,12,14H,2-4,6-7,10-11,13H2,1H3,(H,19,21). The number of benzene rings is 1. The maximum absolute atomic E-state index is 12.1. The molecule has 0 heterocycles. The minimum Gasteiger partial charge on any atom is -0.355 e. The lowest BCUT2D eigenvalue weighted by molar-refractivity contribution is -0.119. The molecule has 1 aliphatic rings. The molecule has 1 aliphatic carbocycles. The molecule has 2 rings (SSSR count). The van der Waals surface area contributed by atoms with Gasteiger partial charge in [0.2, 0.25) is 15.9 Å². The zero-order chi connectivity index (χ0) is 17.6. The quantitative estimate of drug-likeness (QED) is 0.799. The van der Waals surface area contributed by atoms with E-state index >= 15 is 0 Å². The summed E-state index contributed by atoms with van der Waals surface area (Å²) < 4.78 is 25.1. The predicted molar refractivity (Wildman–Crippen MR) is 97.8 cm³/mol. The van der Waals surface area contributed by atoms with Crippen LogP contribution >= 0.6 is 11.6 Å². The molecule has 1 fully saturated rings. The van der Waals surface area contributed by atoms with E-state index in [1.54, 1.807) is 18.2 Å². The lowest BCUT2D eigenvalue weighted by Gasteiger charge is -2.23. The average molecular weight is 373 g/mol. The van der Waals surface area contributed by atoms with Crippen LogP contribution < -0.4 is 9.62 Å². The fourth-order valence-electron chi connectivity index (χ4n) is 3.11. The summed E-state index contributed by atoms with van der Waals surface area (Å²) in [6.45, 7) is 0.362. The van der Waals surface area contributed by atoms with Crippen LogP contribution in [0, 0.1) is 5.92 Å². The third kappa shape index (κ3) is 5.98.